The first-order chi connectivity index (χ1) is 11.5. The van der Waals surface area contributed by atoms with Gasteiger partial charge >= 0.3 is 0 Å². The third-order valence-electron chi connectivity index (χ3n) is 3.20. The van der Waals surface area contributed by atoms with Crippen LogP contribution >= 0.6 is 46.7 Å². The van der Waals surface area contributed by atoms with Gasteiger partial charge in [0.05, 0.1) is 15.8 Å². The zero-order chi connectivity index (χ0) is 17.4. The molecule has 0 fully saturated rings. The minimum Gasteiger partial charge on any atom is -0.355 e. The predicted molar refractivity (Wildman–Crippen MR) is 108 cm³/mol. The average Bonchev–Trinajstić information content (AvgIpc) is 2.56. The second-order valence-corrected chi connectivity index (χ2v) is 8.22. The van der Waals surface area contributed by atoms with Gasteiger partial charge < -0.3 is 5.32 Å². The van der Waals surface area contributed by atoms with Crippen LogP contribution in [0.5, 0.6) is 0 Å². The number of amides is 1. The van der Waals surface area contributed by atoms with Crippen molar-refractivity contribution in [1.29, 1.82) is 0 Å². The van der Waals surface area contributed by atoms with E-state index in [1.807, 2.05) is 12.1 Å². The summed E-state index contributed by atoms with van der Waals surface area (Å²) < 4.78 is 0. The monoisotopic (exact) mass is 399 g/mol. The fraction of sp³-hybridized carbons (Fsp3) is 0.278. The van der Waals surface area contributed by atoms with Crippen LogP contribution in [0.25, 0.3) is 0 Å². The van der Waals surface area contributed by atoms with Gasteiger partial charge in [0.15, 0.2) is 0 Å². The van der Waals surface area contributed by atoms with Crippen LogP contribution in [-0.4, -0.2) is 24.0 Å². The van der Waals surface area contributed by atoms with E-state index in [2.05, 4.69) is 36.5 Å². The predicted octanol–water partition coefficient (Wildman–Crippen LogP) is 5.44. The van der Waals surface area contributed by atoms with Gasteiger partial charge in [0, 0.05) is 22.9 Å². The summed E-state index contributed by atoms with van der Waals surface area (Å²) in [5, 5.41) is 4.04. The molecule has 0 aliphatic heterocycles. The number of hydrogen-bond donors (Lipinski definition) is 1. The fourth-order valence-corrected chi connectivity index (χ4v) is 3.83. The average molecular weight is 400 g/mol. The number of benzene rings is 2. The molecule has 0 bridgehead atoms. The van der Waals surface area contributed by atoms with Crippen LogP contribution in [0.1, 0.15) is 11.1 Å². The van der Waals surface area contributed by atoms with E-state index in [0.29, 0.717) is 22.3 Å². The lowest BCUT2D eigenvalue weighted by Crippen LogP contribution is -2.27. The van der Waals surface area contributed by atoms with Gasteiger partial charge in [0.1, 0.15) is 0 Å². The molecular weight excluding hydrogens is 381 g/mol. The van der Waals surface area contributed by atoms with Gasteiger partial charge in [0.25, 0.3) is 0 Å². The number of nitrogens with one attached hydrogen (secondary N) is 1. The zero-order valence-electron chi connectivity index (χ0n) is 13.4. The van der Waals surface area contributed by atoms with Crippen molar-refractivity contribution in [3.63, 3.8) is 0 Å². The quantitative estimate of drug-likeness (QED) is 0.472. The molecule has 0 atom stereocenters. The second kappa shape index (κ2) is 10.2. The fourth-order valence-electron chi connectivity index (χ4n) is 1.94. The largest absolute Gasteiger partial charge is 0.355 e. The first-order valence-electron chi connectivity index (χ1n) is 7.52. The number of aryl methyl sites for hydroxylation is 1. The van der Waals surface area contributed by atoms with E-state index >= 15 is 0 Å². The summed E-state index contributed by atoms with van der Waals surface area (Å²) in [5.41, 5.74) is 2.32. The molecule has 0 aliphatic rings. The Morgan fingerprint density at radius 3 is 2.54 bits per heavy atom. The van der Waals surface area contributed by atoms with Gasteiger partial charge in [0.2, 0.25) is 5.91 Å². The molecule has 2 aromatic carbocycles. The highest BCUT2D eigenvalue weighted by molar-refractivity contribution is 7.99. The normalized spacial score (nSPS) is 10.6. The Kier molecular flexibility index (Phi) is 8.33. The number of rotatable bonds is 8. The lowest BCUT2D eigenvalue weighted by molar-refractivity contribution is -0.118. The number of halogens is 2. The van der Waals surface area contributed by atoms with Crippen molar-refractivity contribution in [2.45, 2.75) is 17.6 Å². The maximum Gasteiger partial charge on any atom is 0.230 e. The summed E-state index contributed by atoms with van der Waals surface area (Å²) in [7, 11) is 0. The van der Waals surface area contributed by atoms with Crippen molar-refractivity contribution >= 4 is 52.6 Å². The van der Waals surface area contributed by atoms with Crippen LogP contribution in [0.4, 0.5) is 0 Å². The third-order valence-corrected chi connectivity index (χ3v) is 5.96. The standard InChI is InChI=1S/C18H19Cl2NOS2/c1-13-2-5-15(6-3-13)24-9-8-21-18(22)12-23-11-14-4-7-16(19)17(20)10-14/h2-7,10H,8-9,11-12H2,1H3,(H,21,22). The van der Waals surface area contributed by atoms with E-state index in [4.69, 9.17) is 23.2 Å². The van der Waals surface area contributed by atoms with Gasteiger partial charge in [-0.2, -0.15) is 0 Å². The Morgan fingerprint density at radius 1 is 1.08 bits per heavy atom. The minimum atomic E-state index is 0.0598. The van der Waals surface area contributed by atoms with Crippen LogP contribution in [0.3, 0.4) is 0 Å². The molecule has 0 spiro atoms. The Balaban J connectivity index is 1.59. The molecule has 6 heteroatoms. The lowest BCUT2D eigenvalue weighted by Gasteiger charge is -2.06. The molecule has 2 rings (SSSR count). The number of thioether (sulfide) groups is 2. The molecule has 0 aliphatic carbocycles. The number of carbonyl (C=O) groups is 1. The molecule has 0 radical (unpaired) electrons. The van der Waals surface area contributed by atoms with E-state index in [1.165, 1.54) is 10.5 Å². The number of carbonyl (C=O) groups excluding carboxylic acids is 1. The highest BCUT2D eigenvalue weighted by atomic mass is 35.5. The molecule has 128 valence electrons. The molecule has 0 heterocycles. The van der Waals surface area contributed by atoms with E-state index in [0.717, 1.165) is 17.1 Å². The molecule has 24 heavy (non-hydrogen) atoms. The van der Waals surface area contributed by atoms with Crippen molar-refractivity contribution in [1.82, 2.24) is 5.32 Å². The first kappa shape index (κ1) is 19.5. The first-order valence-corrected chi connectivity index (χ1v) is 10.4. The van der Waals surface area contributed by atoms with Crippen molar-refractivity contribution < 1.29 is 4.79 Å². The van der Waals surface area contributed by atoms with Crippen molar-refractivity contribution in [2.75, 3.05) is 18.1 Å². The van der Waals surface area contributed by atoms with Crippen molar-refractivity contribution in [2.24, 2.45) is 0 Å². The maximum absolute atomic E-state index is 11.8. The lowest BCUT2D eigenvalue weighted by atomic mass is 10.2. The van der Waals surface area contributed by atoms with E-state index < -0.39 is 0 Å². The maximum atomic E-state index is 11.8. The number of hydrogen-bond acceptors (Lipinski definition) is 3. The molecule has 1 amide bonds. The highest BCUT2D eigenvalue weighted by Crippen LogP contribution is 2.24. The van der Waals surface area contributed by atoms with Crippen LogP contribution < -0.4 is 5.32 Å². The van der Waals surface area contributed by atoms with E-state index in [-0.39, 0.29) is 5.91 Å². The molecule has 1 N–H and O–H groups in total. The van der Waals surface area contributed by atoms with Crippen LogP contribution in [0.2, 0.25) is 10.0 Å². The SMILES string of the molecule is Cc1ccc(SCCNC(=O)CSCc2ccc(Cl)c(Cl)c2)cc1. The Hall–Kier alpha value is -0.810. The molecule has 2 nitrogen and oxygen atoms in total. The minimum absolute atomic E-state index is 0.0598. The summed E-state index contributed by atoms with van der Waals surface area (Å²) in [6.45, 7) is 2.75. The van der Waals surface area contributed by atoms with Crippen LogP contribution in [0, 0.1) is 6.92 Å². The summed E-state index contributed by atoms with van der Waals surface area (Å²) in [4.78, 5) is 13.0. The molecule has 0 unspecified atom stereocenters. The smallest absolute Gasteiger partial charge is 0.230 e. The van der Waals surface area contributed by atoms with Crippen LogP contribution in [-0.2, 0) is 10.5 Å². The Morgan fingerprint density at radius 2 is 1.83 bits per heavy atom. The molecule has 0 saturated heterocycles. The Labute approximate surface area is 161 Å². The van der Waals surface area contributed by atoms with Crippen LogP contribution in [0.15, 0.2) is 47.4 Å². The van der Waals surface area contributed by atoms with Gasteiger partial charge in [-0.25, -0.2) is 0 Å². The molecule has 0 aromatic heterocycles. The van der Waals surface area contributed by atoms with Gasteiger partial charge in [-0.1, -0.05) is 47.0 Å². The summed E-state index contributed by atoms with van der Waals surface area (Å²) >= 11 is 15.2. The molecule has 0 saturated carbocycles. The van der Waals surface area contributed by atoms with Gasteiger partial charge in [-0.05, 0) is 36.8 Å². The third kappa shape index (κ3) is 6.98. The summed E-state index contributed by atoms with van der Waals surface area (Å²) in [6, 6.07) is 14.0. The van der Waals surface area contributed by atoms with Gasteiger partial charge in [-0.15, -0.1) is 23.5 Å². The second-order valence-electron chi connectivity index (χ2n) is 5.25. The molecular formula is C18H19Cl2NOS2. The summed E-state index contributed by atoms with van der Waals surface area (Å²) in [6.07, 6.45) is 0. The molecule has 2 aromatic rings. The van der Waals surface area contributed by atoms with Crippen molar-refractivity contribution in [3.05, 3.63) is 63.6 Å². The Bertz CT molecular complexity index is 677. The summed E-state index contributed by atoms with van der Waals surface area (Å²) in [5.74, 6) is 2.11. The van der Waals surface area contributed by atoms with Crippen molar-refractivity contribution in [3.8, 4) is 0 Å². The van der Waals surface area contributed by atoms with E-state index in [9.17, 15) is 4.79 Å². The highest BCUT2D eigenvalue weighted by Gasteiger charge is 2.04. The zero-order valence-corrected chi connectivity index (χ0v) is 16.5. The topological polar surface area (TPSA) is 29.1 Å². The van der Waals surface area contributed by atoms with Gasteiger partial charge in [-0.3, -0.25) is 4.79 Å². The van der Waals surface area contributed by atoms with E-state index in [1.54, 1.807) is 29.6 Å².